The Hall–Kier alpha value is -4.57. The molecule has 0 spiro atoms. The molecule has 2 amide bonds. The molecule has 4 rings (SSSR count). The lowest BCUT2D eigenvalue weighted by Gasteiger charge is -2.20. The first-order valence-electron chi connectivity index (χ1n) is 12.1. The highest BCUT2D eigenvalue weighted by Crippen LogP contribution is 2.32. The third-order valence-corrected chi connectivity index (χ3v) is 6.19. The van der Waals surface area contributed by atoms with Crippen molar-refractivity contribution >= 4 is 22.7 Å². The zero-order valence-electron chi connectivity index (χ0n) is 21.1. The Bertz CT molecular complexity index is 1530. The zero-order chi connectivity index (χ0) is 28.2. The van der Waals surface area contributed by atoms with E-state index in [-0.39, 0.29) is 23.2 Å². The molecule has 0 saturated carbocycles. The van der Waals surface area contributed by atoms with Gasteiger partial charge in [0.2, 0.25) is 0 Å². The lowest BCUT2D eigenvalue weighted by atomic mass is 9.99. The summed E-state index contributed by atoms with van der Waals surface area (Å²) in [6.45, 7) is 3.14. The molecule has 1 aromatic heterocycles. The molecule has 0 fully saturated rings. The second kappa shape index (κ2) is 11.4. The lowest BCUT2D eigenvalue weighted by Crippen LogP contribution is -2.42. The van der Waals surface area contributed by atoms with Gasteiger partial charge in [0.05, 0.1) is 5.56 Å². The number of benzene rings is 3. The average molecular weight is 537 g/mol. The van der Waals surface area contributed by atoms with E-state index in [0.717, 1.165) is 22.5 Å². The van der Waals surface area contributed by atoms with E-state index >= 15 is 0 Å². The van der Waals surface area contributed by atoms with Crippen LogP contribution in [0.5, 0.6) is 5.75 Å². The molecule has 10 heteroatoms. The number of carbonyl (C=O) groups is 2. The summed E-state index contributed by atoms with van der Waals surface area (Å²) in [6.07, 6.45) is -1.23. The lowest BCUT2D eigenvalue weighted by molar-refractivity contribution is -0.131. The van der Waals surface area contributed by atoms with Gasteiger partial charge in [-0.3, -0.25) is 9.59 Å². The van der Waals surface area contributed by atoms with Crippen molar-refractivity contribution < 1.29 is 27.5 Å². The molecule has 0 aliphatic heterocycles. The Balaban J connectivity index is 1.69. The molecule has 1 unspecified atom stereocenters. The SMILES string of the molecule is C=CC(F)(F)Oc1ccc(-c2cc(F)cc(C(=O)NC)c2)cc1C(=O)NC(CN)Cc1c[nH]c2ccccc12. The molecule has 202 valence electrons. The van der Waals surface area contributed by atoms with Crippen molar-refractivity contribution in [3.63, 3.8) is 0 Å². The quantitative estimate of drug-likeness (QED) is 0.219. The van der Waals surface area contributed by atoms with Crippen LogP contribution in [0.1, 0.15) is 26.3 Å². The monoisotopic (exact) mass is 536 g/mol. The van der Waals surface area contributed by atoms with Gasteiger partial charge in [-0.25, -0.2) is 4.39 Å². The van der Waals surface area contributed by atoms with Crippen molar-refractivity contribution in [2.75, 3.05) is 13.6 Å². The molecule has 5 N–H and O–H groups in total. The van der Waals surface area contributed by atoms with Crippen LogP contribution in [0.4, 0.5) is 13.2 Å². The van der Waals surface area contributed by atoms with E-state index < -0.39 is 35.5 Å². The van der Waals surface area contributed by atoms with Crippen molar-refractivity contribution in [3.8, 4) is 16.9 Å². The van der Waals surface area contributed by atoms with Crippen molar-refractivity contribution in [1.82, 2.24) is 15.6 Å². The predicted octanol–water partition coefficient (Wildman–Crippen LogP) is 4.79. The molecule has 39 heavy (non-hydrogen) atoms. The number of halogens is 3. The number of fused-ring (bicyclic) bond motifs is 1. The molecular formula is C29H27F3N4O3. The van der Waals surface area contributed by atoms with Crippen LogP contribution in [0.3, 0.4) is 0 Å². The number of rotatable bonds is 10. The Labute approximate surface area is 222 Å². The van der Waals surface area contributed by atoms with E-state index in [1.54, 1.807) is 0 Å². The standard InChI is InChI=1S/C29H27F3N4O3/c1-3-29(31,32)39-26-9-8-17(18-10-19(27(37)34-2)12-21(30)11-18)14-24(26)28(38)36-22(15-33)13-20-16-35-25-7-5-4-6-23(20)25/h3-12,14,16,22,35H,1,13,15,33H2,2H3,(H,34,37)(H,36,38). The van der Waals surface area contributed by atoms with E-state index in [0.29, 0.717) is 18.1 Å². The minimum Gasteiger partial charge on any atom is -0.429 e. The van der Waals surface area contributed by atoms with Gasteiger partial charge in [0.15, 0.2) is 0 Å². The van der Waals surface area contributed by atoms with Gasteiger partial charge in [0.25, 0.3) is 11.8 Å². The summed E-state index contributed by atoms with van der Waals surface area (Å²) in [5.74, 6) is -2.32. The highest BCUT2D eigenvalue weighted by molar-refractivity contribution is 5.99. The fourth-order valence-electron chi connectivity index (χ4n) is 4.22. The van der Waals surface area contributed by atoms with Gasteiger partial charge in [-0.05, 0) is 59.5 Å². The molecule has 0 bridgehead atoms. The van der Waals surface area contributed by atoms with Crippen LogP contribution in [0, 0.1) is 5.82 Å². The van der Waals surface area contributed by atoms with Crippen LogP contribution in [0.15, 0.2) is 79.5 Å². The number of amides is 2. The topological polar surface area (TPSA) is 109 Å². The van der Waals surface area contributed by atoms with Gasteiger partial charge in [-0.2, -0.15) is 8.78 Å². The maximum Gasteiger partial charge on any atom is 0.419 e. The average Bonchev–Trinajstić information content (AvgIpc) is 3.34. The number of hydrogen-bond donors (Lipinski definition) is 4. The number of H-pyrrole nitrogens is 1. The Morgan fingerprint density at radius 3 is 2.59 bits per heavy atom. The highest BCUT2D eigenvalue weighted by Gasteiger charge is 2.30. The van der Waals surface area contributed by atoms with Crippen LogP contribution >= 0.6 is 0 Å². The second-order valence-corrected chi connectivity index (χ2v) is 8.86. The smallest absolute Gasteiger partial charge is 0.419 e. The number of carbonyl (C=O) groups excluding carboxylic acids is 2. The zero-order valence-corrected chi connectivity index (χ0v) is 21.1. The summed E-state index contributed by atoms with van der Waals surface area (Å²) >= 11 is 0. The Morgan fingerprint density at radius 1 is 1.10 bits per heavy atom. The van der Waals surface area contributed by atoms with Gasteiger partial charge in [0.1, 0.15) is 11.6 Å². The summed E-state index contributed by atoms with van der Waals surface area (Å²) < 4.78 is 47.3. The predicted molar refractivity (Wildman–Crippen MR) is 143 cm³/mol. The number of nitrogens with two attached hydrogens (primary N) is 1. The molecule has 7 nitrogen and oxygen atoms in total. The van der Waals surface area contributed by atoms with Crippen molar-refractivity contribution in [2.24, 2.45) is 5.73 Å². The maximum absolute atomic E-state index is 14.3. The van der Waals surface area contributed by atoms with E-state index in [2.05, 4.69) is 22.2 Å². The van der Waals surface area contributed by atoms with Gasteiger partial charge >= 0.3 is 6.11 Å². The van der Waals surface area contributed by atoms with Crippen LogP contribution in [-0.4, -0.2) is 42.5 Å². The first kappa shape index (κ1) is 27.5. The molecular weight excluding hydrogens is 509 g/mol. The molecule has 0 aliphatic carbocycles. The van der Waals surface area contributed by atoms with E-state index in [1.165, 1.54) is 37.4 Å². The fraction of sp³-hybridized carbons (Fsp3) is 0.172. The largest absolute Gasteiger partial charge is 0.429 e. The summed E-state index contributed by atoms with van der Waals surface area (Å²) in [5.41, 5.74) is 8.20. The van der Waals surface area contributed by atoms with Crippen LogP contribution in [-0.2, 0) is 6.42 Å². The number of aromatic amines is 1. The van der Waals surface area contributed by atoms with Gasteiger partial charge in [-0.1, -0.05) is 30.8 Å². The van der Waals surface area contributed by atoms with E-state index in [4.69, 9.17) is 10.5 Å². The summed E-state index contributed by atoms with van der Waals surface area (Å²) in [4.78, 5) is 28.6. The second-order valence-electron chi connectivity index (χ2n) is 8.86. The van der Waals surface area contributed by atoms with E-state index in [9.17, 15) is 22.8 Å². The van der Waals surface area contributed by atoms with Gasteiger partial charge < -0.3 is 26.1 Å². The third-order valence-electron chi connectivity index (χ3n) is 6.19. The number of aromatic nitrogens is 1. The van der Waals surface area contributed by atoms with Crippen LogP contribution in [0.25, 0.3) is 22.0 Å². The van der Waals surface area contributed by atoms with Crippen molar-refractivity contribution in [3.05, 3.63) is 102 Å². The minimum atomic E-state index is -3.75. The fourth-order valence-corrected chi connectivity index (χ4v) is 4.22. The number of para-hydroxylation sites is 1. The summed E-state index contributed by atoms with van der Waals surface area (Å²) in [7, 11) is 1.41. The van der Waals surface area contributed by atoms with Crippen LogP contribution < -0.4 is 21.1 Å². The Kier molecular flexibility index (Phi) is 8.06. The normalized spacial score (nSPS) is 12.1. The molecule has 1 heterocycles. The highest BCUT2D eigenvalue weighted by atomic mass is 19.3. The molecule has 0 saturated heterocycles. The van der Waals surface area contributed by atoms with Gasteiger partial charge in [-0.15, -0.1) is 0 Å². The molecule has 4 aromatic rings. The van der Waals surface area contributed by atoms with Crippen LogP contribution in [0.2, 0.25) is 0 Å². The number of hydrogen-bond acceptors (Lipinski definition) is 4. The third kappa shape index (κ3) is 6.29. The molecule has 0 aliphatic rings. The number of nitrogens with one attached hydrogen (secondary N) is 3. The molecule has 1 atom stereocenters. The minimum absolute atomic E-state index is 0.0546. The van der Waals surface area contributed by atoms with Crippen molar-refractivity contribution in [1.29, 1.82) is 0 Å². The van der Waals surface area contributed by atoms with E-state index in [1.807, 2.05) is 30.5 Å². The first-order valence-corrected chi connectivity index (χ1v) is 12.1. The number of ether oxygens (including phenoxy) is 1. The maximum atomic E-state index is 14.3. The van der Waals surface area contributed by atoms with Gasteiger partial charge in [0, 0.05) is 48.4 Å². The summed E-state index contributed by atoms with van der Waals surface area (Å²) in [5, 5.41) is 6.18. The summed E-state index contributed by atoms with van der Waals surface area (Å²) in [6, 6.07) is 14.6. The van der Waals surface area contributed by atoms with Crippen molar-refractivity contribution in [2.45, 2.75) is 18.6 Å². The number of alkyl halides is 2. The molecule has 0 radical (unpaired) electrons. The first-order chi connectivity index (χ1) is 18.6. The molecule has 3 aromatic carbocycles. The Morgan fingerprint density at radius 2 is 1.87 bits per heavy atom.